The summed E-state index contributed by atoms with van der Waals surface area (Å²) in [6.45, 7) is 8.73. The number of hydrogen-bond acceptors (Lipinski definition) is 10. The molecular formula is C42H50N10O6. The second-order valence-corrected chi connectivity index (χ2v) is 15.5. The third-order valence-electron chi connectivity index (χ3n) is 11.0. The first-order valence-electron chi connectivity index (χ1n) is 19.7. The van der Waals surface area contributed by atoms with E-state index in [1.54, 1.807) is 22.2 Å². The van der Waals surface area contributed by atoms with Gasteiger partial charge in [0, 0.05) is 42.2 Å². The first-order valence-corrected chi connectivity index (χ1v) is 19.7. The van der Waals surface area contributed by atoms with Crippen LogP contribution in [0.5, 0.6) is 0 Å². The number of aromatic amines is 2. The summed E-state index contributed by atoms with van der Waals surface area (Å²) < 4.78 is 9.51. The SMILES string of the molecule is COC(=O)N[C@H](C(=O)N1CCC[C@H]1c1nc(-c2ccc(-c3ccc(-c4cc5nc([C@@H]6CCCN6C(=O)[C@@H](NC(=O)OC)C(C)C)[nH]c5cn4)cn3)cc2)c[nH]1)C(C)C. The van der Waals surface area contributed by atoms with E-state index in [2.05, 4.69) is 25.6 Å². The molecule has 4 atom stereocenters. The Labute approximate surface area is 336 Å². The number of nitrogens with one attached hydrogen (secondary N) is 4. The van der Waals surface area contributed by atoms with Crippen LogP contribution in [0.2, 0.25) is 0 Å². The van der Waals surface area contributed by atoms with Crippen LogP contribution in [0, 0.1) is 11.8 Å². The number of carbonyl (C=O) groups excluding carboxylic acids is 4. The van der Waals surface area contributed by atoms with Crippen LogP contribution in [0.3, 0.4) is 0 Å². The molecule has 0 aliphatic carbocycles. The zero-order chi connectivity index (χ0) is 41.1. The number of methoxy groups -OCH3 is 2. The molecule has 304 valence electrons. The Kier molecular flexibility index (Phi) is 11.7. The van der Waals surface area contributed by atoms with Crippen molar-refractivity contribution in [3.63, 3.8) is 0 Å². The second-order valence-electron chi connectivity index (χ2n) is 15.5. The lowest BCUT2D eigenvalue weighted by Crippen LogP contribution is -2.51. The number of ether oxygens (including phenoxy) is 2. The van der Waals surface area contributed by atoms with Crippen molar-refractivity contribution in [1.82, 2.24) is 50.3 Å². The Morgan fingerprint density at radius 1 is 0.690 bits per heavy atom. The van der Waals surface area contributed by atoms with E-state index in [1.807, 2.05) is 76.4 Å². The van der Waals surface area contributed by atoms with E-state index in [0.717, 1.165) is 70.5 Å². The van der Waals surface area contributed by atoms with Crippen molar-refractivity contribution in [1.29, 1.82) is 0 Å². The number of pyridine rings is 2. The lowest BCUT2D eigenvalue weighted by atomic mass is 10.0. The van der Waals surface area contributed by atoms with Gasteiger partial charge in [0.1, 0.15) is 23.7 Å². The highest BCUT2D eigenvalue weighted by Gasteiger charge is 2.39. The Morgan fingerprint density at radius 3 is 1.76 bits per heavy atom. The Balaban J connectivity index is 1.02. The van der Waals surface area contributed by atoms with Crippen molar-refractivity contribution in [2.75, 3.05) is 27.3 Å². The number of imidazole rings is 2. The molecule has 16 heteroatoms. The smallest absolute Gasteiger partial charge is 0.407 e. The molecule has 2 aliphatic rings. The molecule has 58 heavy (non-hydrogen) atoms. The number of benzene rings is 1. The van der Waals surface area contributed by atoms with Crippen LogP contribution in [0.4, 0.5) is 9.59 Å². The summed E-state index contributed by atoms with van der Waals surface area (Å²) in [4.78, 5) is 80.5. The lowest BCUT2D eigenvalue weighted by molar-refractivity contribution is -0.136. The number of H-pyrrole nitrogens is 2. The highest BCUT2D eigenvalue weighted by atomic mass is 16.5. The van der Waals surface area contributed by atoms with Gasteiger partial charge in [-0.2, -0.15) is 0 Å². The molecule has 0 bridgehead atoms. The first-order chi connectivity index (χ1) is 27.9. The fourth-order valence-electron chi connectivity index (χ4n) is 7.81. The molecule has 2 aliphatic heterocycles. The maximum atomic E-state index is 13.6. The number of hydrogen-bond donors (Lipinski definition) is 4. The van der Waals surface area contributed by atoms with Gasteiger partial charge in [-0.25, -0.2) is 19.6 Å². The van der Waals surface area contributed by atoms with Crippen LogP contribution in [-0.4, -0.2) is 103 Å². The minimum absolute atomic E-state index is 0.112. The highest BCUT2D eigenvalue weighted by Crippen LogP contribution is 2.35. The van der Waals surface area contributed by atoms with E-state index in [-0.39, 0.29) is 35.7 Å². The highest BCUT2D eigenvalue weighted by molar-refractivity contribution is 5.87. The Bertz CT molecular complexity index is 2270. The minimum Gasteiger partial charge on any atom is -0.453 e. The third kappa shape index (κ3) is 8.22. The van der Waals surface area contributed by atoms with E-state index in [0.29, 0.717) is 24.7 Å². The van der Waals surface area contributed by atoms with E-state index < -0.39 is 24.3 Å². The van der Waals surface area contributed by atoms with Crippen LogP contribution in [0.1, 0.15) is 77.1 Å². The maximum absolute atomic E-state index is 13.6. The molecule has 1 aromatic carbocycles. The zero-order valence-corrected chi connectivity index (χ0v) is 33.6. The first kappa shape index (κ1) is 39.9. The number of rotatable bonds is 11. The molecule has 4 aromatic heterocycles. The maximum Gasteiger partial charge on any atom is 0.407 e. The van der Waals surface area contributed by atoms with Gasteiger partial charge >= 0.3 is 12.2 Å². The monoisotopic (exact) mass is 790 g/mol. The average molecular weight is 791 g/mol. The van der Waals surface area contributed by atoms with Crippen molar-refractivity contribution >= 4 is 35.0 Å². The van der Waals surface area contributed by atoms with E-state index in [4.69, 9.17) is 24.4 Å². The largest absolute Gasteiger partial charge is 0.453 e. The minimum atomic E-state index is -0.708. The standard InChI is InChI=1S/C42H50N10O6/c1-23(2)35(49-41(55)57-5)39(53)51-17-7-9-33(51)37-45-21-31(47-37)26-13-11-25(12-14-26)28-16-15-27(20-43-28)29-19-30-32(22-44-29)48-38(46-30)34-10-8-18-52(34)40(54)36(24(3)4)50-42(56)58-6/h11-16,19-24,33-36H,7-10,17-18H2,1-6H3,(H,45,47)(H,46,48)(H,49,55)(H,50,56)/t33-,34-,35-,36-/m0/s1. The van der Waals surface area contributed by atoms with Crippen LogP contribution in [0.25, 0.3) is 44.8 Å². The number of amides is 4. The Morgan fingerprint density at radius 2 is 1.22 bits per heavy atom. The number of carbonyl (C=O) groups is 4. The summed E-state index contributed by atoms with van der Waals surface area (Å²) in [5, 5.41) is 5.38. The molecule has 0 unspecified atom stereocenters. The molecule has 7 rings (SSSR count). The van der Waals surface area contributed by atoms with Gasteiger partial charge in [-0.15, -0.1) is 0 Å². The number of likely N-dealkylation sites (tertiary alicyclic amines) is 2. The van der Waals surface area contributed by atoms with E-state index >= 15 is 0 Å². The number of fused-ring (bicyclic) bond motifs is 1. The van der Waals surface area contributed by atoms with Crippen molar-refractivity contribution < 1.29 is 28.7 Å². The van der Waals surface area contributed by atoms with Gasteiger partial charge in [-0.1, -0.05) is 52.0 Å². The normalized spacial score (nSPS) is 17.8. The molecule has 0 radical (unpaired) electrons. The lowest BCUT2D eigenvalue weighted by Gasteiger charge is -2.29. The number of nitrogens with zero attached hydrogens (tertiary/aromatic N) is 6. The summed E-state index contributed by atoms with van der Waals surface area (Å²) in [6, 6.07) is 12.0. The molecule has 0 saturated carbocycles. The van der Waals surface area contributed by atoms with Crippen molar-refractivity contribution in [3.05, 3.63) is 72.7 Å². The topological polar surface area (TPSA) is 200 Å². The summed E-state index contributed by atoms with van der Waals surface area (Å²) >= 11 is 0. The molecule has 4 N–H and O–H groups in total. The number of alkyl carbamates (subject to hydrolysis) is 2. The van der Waals surface area contributed by atoms with Gasteiger partial charge in [0.05, 0.1) is 60.6 Å². The quantitative estimate of drug-likeness (QED) is 0.120. The molecule has 6 heterocycles. The van der Waals surface area contributed by atoms with Gasteiger partial charge in [-0.3, -0.25) is 19.6 Å². The van der Waals surface area contributed by atoms with E-state index in [1.165, 1.54) is 14.2 Å². The molecular weight excluding hydrogens is 741 g/mol. The van der Waals surface area contributed by atoms with Crippen molar-refractivity contribution in [2.24, 2.45) is 11.8 Å². The second kappa shape index (κ2) is 17.0. The predicted octanol–water partition coefficient (Wildman–Crippen LogP) is 6.17. The van der Waals surface area contributed by atoms with Crippen LogP contribution in [-0.2, 0) is 19.1 Å². The van der Waals surface area contributed by atoms with Crippen molar-refractivity contribution in [3.8, 4) is 33.8 Å². The van der Waals surface area contributed by atoms with Crippen molar-refractivity contribution in [2.45, 2.75) is 77.5 Å². The summed E-state index contributed by atoms with van der Waals surface area (Å²) in [5.74, 6) is 0.851. The van der Waals surface area contributed by atoms with Crippen LogP contribution < -0.4 is 10.6 Å². The Hall–Kier alpha value is -6.32. The fraction of sp³-hybridized carbons (Fsp3) is 0.429. The predicted molar refractivity (Wildman–Crippen MR) is 216 cm³/mol. The van der Waals surface area contributed by atoms with Crippen LogP contribution >= 0.6 is 0 Å². The zero-order valence-electron chi connectivity index (χ0n) is 33.6. The van der Waals surface area contributed by atoms with Gasteiger partial charge in [0.15, 0.2) is 0 Å². The van der Waals surface area contributed by atoms with E-state index in [9.17, 15) is 19.2 Å². The average Bonchev–Trinajstić information content (AvgIpc) is 4.07. The van der Waals surface area contributed by atoms with Gasteiger partial charge in [-0.05, 0) is 55.7 Å². The summed E-state index contributed by atoms with van der Waals surface area (Å²) in [6.07, 6.45) is 7.32. The molecule has 5 aromatic rings. The van der Waals surface area contributed by atoms with Gasteiger partial charge in [0.25, 0.3) is 0 Å². The number of aromatic nitrogens is 6. The third-order valence-corrected chi connectivity index (χ3v) is 11.0. The van der Waals surface area contributed by atoms with Crippen LogP contribution in [0.15, 0.2) is 61.1 Å². The summed E-state index contributed by atoms with van der Waals surface area (Å²) in [7, 11) is 2.57. The molecule has 16 nitrogen and oxygen atoms in total. The van der Waals surface area contributed by atoms with Gasteiger partial charge in [0.2, 0.25) is 11.8 Å². The summed E-state index contributed by atoms with van der Waals surface area (Å²) in [5.41, 5.74) is 6.48. The fourth-order valence-corrected chi connectivity index (χ4v) is 7.81. The molecule has 2 fully saturated rings. The molecule has 0 spiro atoms. The van der Waals surface area contributed by atoms with Gasteiger partial charge < -0.3 is 39.9 Å². The molecule has 2 saturated heterocycles. The molecule has 4 amide bonds.